The standard InChI is InChI=1S/C31H47N5O13/c1-4-18-19(7-6-17-12-36(9-11-38)13-20(27(42)43)23(17)35-31(32)34-8-5-10-37)21(28(44)45-3)15-46-29(18)49-30-26(47-16-33-2)25(41)24(40)22(14-39)48-30/h4,6-7,13,15,18-19,22,24-26,29-30,33,37-41H,1,5,8-12,14,16H2,2-3H3,(H,42,43)(H3,32,34,35). The number of guanidine groups is 1. The minimum Gasteiger partial charge on any atom is -0.478 e. The summed E-state index contributed by atoms with van der Waals surface area (Å²) in [7, 11) is 2.80. The van der Waals surface area contributed by atoms with E-state index in [0.29, 0.717) is 12.0 Å². The zero-order chi connectivity index (χ0) is 36.1. The van der Waals surface area contributed by atoms with Gasteiger partial charge in [-0.15, -0.1) is 6.58 Å². The molecule has 8 unspecified atom stereocenters. The number of carbonyl (C=O) groups excluding carboxylic acids is 1. The number of hydrogen-bond acceptors (Lipinski definition) is 15. The molecule has 0 aromatic rings. The Bertz CT molecular complexity index is 1300. The fourth-order valence-corrected chi connectivity index (χ4v) is 5.39. The molecular weight excluding hydrogens is 650 g/mol. The Balaban J connectivity index is 2.04. The highest BCUT2D eigenvalue weighted by atomic mass is 16.8. The summed E-state index contributed by atoms with van der Waals surface area (Å²) in [6.07, 6.45) is -0.457. The van der Waals surface area contributed by atoms with Crippen molar-refractivity contribution in [1.29, 1.82) is 0 Å². The van der Waals surface area contributed by atoms with Gasteiger partial charge in [-0.25, -0.2) is 9.59 Å². The number of nitrogens with two attached hydrogens (primary N) is 1. The highest BCUT2D eigenvalue weighted by Gasteiger charge is 2.48. The number of aliphatic hydroxyl groups is 5. The molecule has 10 N–H and O–H groups in total. The molecule has 1 saturated heterocycles. The van der Waals surface area contributed by atoms with Crippen molar-refractivity contribution >= 4 is 17.9 Å². The number of ether oxygens (including phenoxy) is 5. The molecule has 0 saturated carbocycles. The molecule has 3 heterocycles. The van der Waals surface area contributed by atoms with E-state index in [2.05, 4.69) is 22.2 Å². The van der Waals surface area contributed by atoms with Crippen molar-refractivity contribution in [2.75, 3.05) is 60.3 Å². The maximum atomic E-state index is 12.9. The summed E-state index contributed by atoms with van der Waals surface area (Å²) >= 11 is 0. The topological polar surface area (TPSA) is 267 Å². The van der Waals surface area contributed by atoms with E-state index >= 15 is 0 Å². The van der Waals surface area contributed by atoms with Gasteiger partial charge in [-0.05, 0) is 19.0 Å². The van der Waals surface area contributed by atoms with Gasteiger partial charge in [0.15, 0.2) is 12.2 Å². The van der Waals surface area contributed by atoms with Crippen LogP contribution < -0.4 is 16.4 Å². The van der Waals surface area contributed by atoms with Crippen LogP contribution in [0.25, 0.3) is 0 Å². The molecule has 0 radical (unpaired) electrons. The summed E-state index contributed by atoms with van der Waals surface area (Å²) in [6, 6.07) is 0. The minimum atomic E-state index is -1.51. The molecule has 3 aliphatic heterocycles. The third-order valence-electron chi connectivity index (χ3n) is 7.87. The van der Waals surface area contributed by atoms with Gasteiger partial charge < -0.3 is 70.3 Å². The van der Waals surface area contributed by atoms with Crippen molar-refractivity contribution < 1.29 is 63.9 Å². The summed E-state index contributed by atoms with van der Waals surface area (Å²) in [4.78, 5) is 31.0. The Morgan fingerprint density at radius 3 is 2.57 bits per heavy atom. The van der Waals surface area contributed by atoms with Gasteiger partial charge in [0.1, 0.15) is 24.4 Å². The van der Waals surface area contributed by atoms with Crippen LogP contribution in [0.1, 0.15) is 6.42 Å². The van der Waals surface area contributed by atoms with E-state index in [1.807, 2.05) is 0 Å². The van der Waals surface area contributed by atoms with E-state index in [4.69, 9.17) is 34.5 Å². The van der Waals surface area contributed by atoms with E-state index < -0.39 is 67.4 Å². The first-order valence-corrected chi connectivity index (χ1v) is 15.5. The van der Waals surface area contributed by atoms with Gasteiger partial charge in [0.05, 0.1) is 56.1 Å². The van der Waals surface area contributed by atoms with Crippen LogP contribution in [0, 0.1) is 11.8 Å². The van der Waals surface area contributed by atoms with Gasteiger partial charge in [-0.1, -0.05) is 18.2 Å². The fourth-order valence-electron chi connectivity index (χ4n) is 5.39. The average Bonchev–Trinajstić information content (AvgIpc) is 3.09. The van der Waals surface area contributed by atoms with Crippen molar-refractivity contribution in [3.63, 3.8) is 0 Å². The monoisotopic (exact) mass is 697 g/mol. The summed E-state index contributed by atoms with van der Waals surface area (Å²) < 4.78 is 28.3. The SMILES string of the molecule is C=CC1C(OC2OC(CO)C(O)C(O)C2OCNC)OC=C(C(=O)OC)C1C=CC1=C(NC(N)=NCCCO)C(C(=O)O)=CN(CCO)C1. The zero-order valence-electron chi connectivity index (χ0n) is 27.4. The van der Waals surface area contributed by atoms with E-state index in [1.54, 1.807) is 24.1 Å². The Labute approximate surface area is 283 Å². The van der Waals surface area contributed by atoms with Gasteiger partial charge in [0, 0.05) is 38.4 Å². The Morgan fingerprint density at radius 1 is 1.20 bits per heavy atom. The zero-order valence-corrected chi connectivity index (χ0v) is 27.4. The molecule has 3 rings (SSSR count). The second kappa shape index (κ2) is 19.4. The third-order valence-corrected chi connectivity index (χ3v) is 7.87. The maximum absolute atomic E-state index is 12.9. The van der Waals surface area contributed by atoms with E-state index in [1.165, 1.54) is 19.4 Å². The predicted octanol–water partition coefficient (Wildman–Crippen LogP) is -2.79. The lowest BCUT2D eigenvalue weighted by molar-refractivity contribution is -0.345. The van der Waals surface area contributed by atoms with Crippen LogP contribution in [0.4, 0.5) is 0 Å². The van der Waals surface area contributed by atoms with Crippen molar-refractivity contribution in [3.8, 4) is 0 Å². The van der Waals surface area contributed by atoms with Crippen LogP contribution >= 0.6 is 0 Å². The van der Waals surface area contributed by atoms with Crippen LogP contribution in [0.5, 0.6) is 0 Å². The highest BCUT2D eigenvalue weighted by Crippen LogP contribution is 2.37. The Hall–Kier alpha value is -3.85. The molecule has 274 valence electrons. The van der Waals surface area contributed by atoms with Crippen LogP contribution in [-0.2, 0) is 33.3 Å². The third kappa shape index (κ3) is 10.1. The van der Waals surface area contributed by atoms with Crippen LogP contribution in [0.15, 0.2) is 64.7 Å². The van der Waals surface area contributed by atoms with Crippen LogP contribution in [0.2, 0.25) is 0 Å². The lowest BCUT2D eigenvalue weighted by Crippen LogP contribution is -2.61. The molecule has 0 spiro atoms. The lowest BCUT2D eigenvalue weighted by Gasteiger charge is -2.44. The molecule has 0 aliphatic carbocycles. The minimum absolute atomic E-state index is 0.0438. The molecule has 0 aromatic carbocycles. The first-order valence-electron chi connectivity index (χ1n) is 15.5. The largest absolute Gasteiger partial charge is 0.478 e. The number of carbonyl (C=O) groups is 2. The maximum Gasteiger partial charge on any atom is 0.339 e. The number of aliphatic carboxylic acids is 1. The number of nitrogens with one attached hydrogen (secondary N) is 2. The van der Waals surface area contributed by atoms with Crippen LogP contribution in [0.3, 0.4) is 0 Å². The molecule has 1 fully saturated rings. The summed E-state index contributed by atoms with van der Waals surface area (Å²) in [5.74, 6) is -3.77. The second-order valence-corrected chi connectivity index (χ2v) is 11.2. The number of allylic oxidation sites excluding steroid dienone is 1. The van der Waals surface area contributed by atoms with Gasteiger partial charge in [-0.3, -0.25) is 10.3 Å². The van der Waals surface area contributed by atoms with E-state index in [0.717, 1.165) is 6.26 Å². The summed E-state index contributed by atoms with van der Waals surface area (Å²) in [5.41, 5.74) is 6.47. The van der Waals surface area contributed by atoms with Crippen LogP contribution in [-0.4, -0.2) is 151 Å². The number of carboxylic acids is 1. The Morgan fingerprint density at radius 2 is 1.96 bits per heavy atom. The number of aliphatic hydroxyl groups excluding tert-OH is 5. The smallest absolute Gasteiger partial charge is 0.339 e. The number of methoxy groups -OCH3 is 1. The predicted molar refractivity (Wildman–Crippen MR) is 172 cm³/mol. The highest BCUT2D eigenvalue weighted by molar-refractivity contribution is 5.95. The molecule has 0 bridgehead atoms. The average molecular weight is 698 g/mol. The first-order chi connectivity index (χ1) is 23.5. The summed E-state index contributed by atoms with van der Waals surface area (Å²) in [6.45, 7) is 3.29. The fraction of sp³-hybridized carbons (Fsp3) is 0.581. The molecule has 18 heteroatoms. The van der Waals surface area contributed by atoms with Gasteiger partial charge in [0.25, 0.3) is 0 Å². The molecule has 49 heavy (non-hydrogen) atoms. The normalized spacial score (nSPS) is 29.3. The van der Waals surface area contributed by atoms with Crippen molar-refractivity contribution in [3.05, 3.63) is 59.7 Å². The lowest BCUT2D eigenvalue weighted by atomic mass is 9.83. The number of esters is 1. The van der Waals surface area contributed by atoms with Crippen molar-refractivity contribution in [1.82, 2.24) is 15.5 Å². The first kappa shape index (κ1) is 39.6. The molecule has 8 atom stereocenters. The number of carboxylic acid groups (broad SMARTS) is 1. The second-order valence-electron chi connectivity index (χ2n) is 11.2. The molecule has 0 aromatic heterocycles. The van der Waals surface area contributed by atoms with E-state index in [9.17, 15) is 35.1 Å². The van der Waals surface area contributed by atoms with E-state index in [-0.39, 0.29) is 62.4 Å². The number of rotatable bonds is 17. The number of aliphatic imine (C=N–C) groups is 1. The van der Waals surface area contributed by atoms with Crippen molar-refractivity contribution in [2.45, 2.75) is 43.4 Å². The molecular formula is C31H47N5O13. The number of hydrogen-bond donors (Lipinski definition) is 9. The molecule has 3 aliphatic rings. The molecule has 0 amide bonds. The summed E-state index contributed by atoms with van der Waals surface area (Å²) in [5, 5.41) is 65.3. The van der Waals surface area contributed by atoms with Gasteiger partial charge in [0.2, 0.25) is 6.29 Å². The van der Waals surface area contributed by atoms with Gasteiger partial charge in [-0.2, -0.15) is 0 Å². The molecule has 18 nitrogen and oxygen atoms in total. The number of nitrogens with zero attached hydrogens (tertiary/aromatic N) is 2. The Kier molecular flexibility index (Phi) is 15.6. The van der Waals surface area contributed by atoms with Crippen molar-refractivity contribution in [2.24, 2.45) is 22.6 Å². The number of β-amino-alcohol motifs (C(OH)–C–C–N with tert-alkyl or cyclic N) is 1. The van der Waals surface area contributed by atoms with Gasteiger partial charge >= 0.3 is 11.9 Å². The quantitative estimate of drug-likeness (QED) is 0.0186.